The number of carbonyl (C=O) groups is 2. The first-order chi connectivity index (χ1) is 10.8. The zero-order chi connectivity index (χ0) is 17.1. The zero-order valence-corrected chi connectivity index (χ0v) is 13.7. The molecule has 0 heterocycles. The van der Waals surface area contributed by atoms with Crippen LogP contribution in [0, 0.1) is 16.6 Å². The molecule has 0 radical (unpaired) electrons. The lowest BCUT2D eigenvalue weighted by atomic mass is 9.64. The lowest BCUT2D eigenvalue weighted by molar-refractivity contribution is -0.147. The molecule has 0 aromatic heterocycles. The van der Waals surface area contributed by atoms with Gasteiger partial charge in [0.15, 0.2) is 0 Å². The van der Waals surface area contributed by atoms with E-state index in [9.17, 15) is 14.0 Å². The minimum Gasteiger partial charge on any atom is -0.481 e. The number of rotatable bonds is 7. The van der Waals surface area contributed by atoms with Crippen molar-refractivity contribution in [2.24, 2.45) is 10.8 Å². The molecule has 1 aromatic rings. The molecule has 0 atom stereocenters. The van der Waals surface area contributed by atoms with E-state index < -0.39 is 16.8 Å². The van der Waals surface area contributed by atoms with Crippen LogP contribution in [0.1, 0.15) is 45.1 Å². The number of carboxylic acid groups (broad SMARTS) is 1. The normalized spacial score (nSPS) is 16.5. The number of aliphatic carboxylic acids is 1. The molecule has 1 aliphatic carbocycles. The maximum Gasteiger partial charge on any atom is 0.309 e. The SMILES string of the molecule is CC(C)(CCNC(=O)C1(Cc2cccc(F)c2)CCC1)C(=O)O. The summed E-state index contributed by atoms with van der Waals surface area (Å²) < 4.78 is 13.3. The fraction of sp³-hybridized carbons (Fsp3) is 0.556. The number of nitrogens with one attached hydrogen (secondary N) is 1. The summed E-state index contributed by atoms with van der Waals surface area (Å²) in [4.78, 5) is 23.6. The summed E-state index contributed by atoms with van der Waals surface area (Å²) in [5.74, 6) is -1.21. The summed E-state index contributed by atoms with van der Waals surface area (Å²) in [6.07, 6.45) is 3.47. The highest BCUT2D eigenvalue weighted by atomic mass is 19.1. The third-order valence-electron chi connectivity index (χ3n) is 4.84. The maximum absolute atomic E-state index is 13.3. The van der Waals surface area contributed by atoms with Gasteiger partial charge in [0.25, 0.3) is 0 Å². The molecule has 23 heavy (non-hydrogen) atoms. The van der Waals surface area contributed by atoms with E-state index >= 15 is 0 Å². The Bertz CT molecular complexity index is 594. The van der Waals surface area contributed by atoms with Gasteiger partial charge in [-0.1, -0.05) is 18.6 Å². The van der Waals surface area contributed by atoms with Gasteiger partial charge in [-0.05, 0) is 57.2 Å². The van der Waals surface area contributed by atoms with Crippen LogP contribution in [0.4, 0.5) is 4.39 Å². The van der Waals surface area contributed by atoms with E-state index in [1.165, 1.54) is 12.1 Å². The van der Waals surface area contributed by atoms with Crippen LogP contribution >= 0.6 is 0 Å². The average molecular weight is 321 g/mol. The zero-order valence-electron chi connectivity index (χ0n) is 13.7. The van der Waals surface area contributed by atoms with E-state index in [1.807, 2.05) is 6.07 Å². The number of amides is 1. The van der Waals surface area contributed by atoms with E-state index in [4.69, 9.17) is 5.11 Å². The predicted octanol–water partition coefficient (Wildman–Crippen LogP) is 3.16. The van der Waals surface area contributed by atoms with Crippen molar-refractivity contribution in [3.05, 3.63) is 35.6 Å². The summed E-state index contributed by atoms with van der Waals surface area (Å²) in [6, 6.07) is 6.36. The molecular weight excluding hydrogens is 297 g/mol. The Morgan fingerprint density at radius 3 is 2.57 bits per heavy atom. The van der Waals surface area contributed by atoms with Gasteiger partial charge < -0.3 is 10.4 Å². The van der Waals surface area contributed by atoms with Gasteiger partial charge in [-0.25, -0.2) is 4.39 Å². The van der Waals surface area contributed by atoms with Crippen molar-refractivity contribution in [1.82, 2.24) is 5.32 Å². The molecule has 126 valence electrons. The number of halogens is 1. The van der Waals surface area contributed by atoms with Gasteiger partial charge in [0.05, 0.1) is 10.8 Å². The lowest BCUT2D eigenvalue weighted by Crippen LogP contribution is -2.48. The molecule has 4 nitrogen and oxygen atoms in total. The average Bonchev–Trinajstić information content (AvgIpc) is 2.42. The van der Waals surface area contributed by atoms with Gasteiger partial charge in [0.1, 0.15) is 5.82 Å². The van der Waals surface area contributed by atoms with Crippen LogP contribution in [-0.2, 0) is 16.0 Å². The van der Waals surface area contributed by atoms with Crippen LogP contribution in [0.5, 0.6) is 0 Å². The van der Waals surface area contributed by atoms with Crippen molar-refractivity contribution in [1.29, 1.82) is 0 Å². The van der Waals surface area contributed by atoms with Crippen LogP contribution in [-0.4, -0.2) is 23.5 Å². The van der Waals surface area contributed by atoms with Gasteiger partial charge >= 0.3 is 5.97 Å². The van der Waals surface area contributed by atoms with E-state index in [1.54, 1.807) is 19.9 Å². The van der Waals surface area contributed by atoms with Crippen molar-refractivity contribution in [2.75, 3.05) is 6.54 Å². The second kappa shape index (κ2) is 6.69. The molecule has 2 N–H and O–H groups in total. The summed E-state index contributed by atoms with van der Waals surface area (Å²) in [5.41, 5.74) is -0.505. The van der Waals surface area contributed by atoms with Crippen LogP contribution in [0.2, 0.25) is 0 Å². The van der Waals surface area contributed by atoms with Crippen molar-refractivity contribution in [2.45, 2.75) is 46.0 Å². The monoisotopic (exact) mass is 321 g/mol. The Hall–Kier alpha value is -1.91. The van der Waals surface area contributed by atoms with Crippen molar-refractivity contribution in [3.8, 4) is 0 Å². The van der Waals surface area contributed by atoms with Gasteiger partial charge in [-0.15, -0.1) is 0 Å². The first-order valence-corrected chi connectivity index (χ1v) is 8.01. The fourth-order valence-electron chi connectivity index (χ4n) is 2.91. The second-order valence-electron chi connectivity index (χ2n) is 7.14. The molecule has 0 aliphatic heterocycles. The molecule has 0 saturated heterocycles. The Labute approximate surface area is 136 Å². The van der Waals surface area contributed by atoms with Crippen LogP contribution < -0.4 is 5.32 Å². The molecule has 1 amide bonds. The molecular formula is C18H24FNO3. The van der Waals surface area contributed by atoms with Crippen molar-refractivity contribution in [3.63, 3.8) is 0 Å². The summed E-state index contributed by atoms with van der Waals surface area (Å²) in [6.45, 7) is 3.63. The molecule has 0 unspecified atom stereocenters. The van der Waals surface area contributed by atoms with Crippen LogP contribution in [0.15, 0.2) is 24.3 Å². The Balaban J connectivity index is 1.94. The van der Waals surface area contributed by atoms with Crippen molar-refractivity contribution < 1.29 is 19.1 Å². The number of hydrogen-bond donors (Lipinski definition) is 2. The molecule has 1 saturated carbocycles. The topological polar surface area (TPSA) is 66.4 Å². The molecule has 1 aromatic carbocycles. The highest BCUT2D eigenvalue weighted by Gasteiger charge is 2.44. The fourth-order valence-corrected chi connectivity index (χ4v) is 2.91. The standard InChI is InChI=1S/C18H24FNO3/c1-17(2,16(22)23)9-10-20-15(21)18(7-4-8-18)12-13-5-3-6-14(19)11-13/h3,5-6,11H,4,7-10,12H2,1-2H3,(H,20,21)(H,22,23). The maximum atomic E-state index is 13.3. The van der Waals surface area contributed by atoms with E-state index in [0.717, 1.165) is 24.8 Å². The number of carboxylic acids is 1. The highest BCUT2D eigenvalue weighted by Crippen LogP contribution is 2.44. The largest absolute Gasteiger partial charge is 0.481 e. The summed E-state index contributed by atoms with van der Waals surface area (Å²) in [7, 11) is 0. The van der Waals surface area contributed by atoms with Gasteiger partial charge in [-0.2, -0.15) is 0 Å². The molecule has 1 aliphatic rings. The minimum atomic E-state index is -0.870. The van der Waals surface area contributed by atoms with Crippen molar-refractivity contribution >= 4 is 11.9 Å². The van der Waals surface area contributed by atoms with E-state index in [0.29, 0.717) is 19.4 Å². The van der Waals surface area contributed by atoms with Gasteiger partial charge in [-0.3, -0.25) is 9.59 Å². The second-order valence-corrected chi connectivity index (χ2v) is 7.14. The first kappa shape index (κ1) is 17.4. The molecule has 5 heteroatoms. The smallest absolute Gasteiger partial charge is 0.309 e. The Kier molecular flexibility index (Phi) is 5.07. The third kappa shape index (κ3) is 4.09. The first-order valence-electron chi connectivity index (χ1n) is 8.01. The quantitative estimate of drug-likeness (QED) is 0.811. The Morgan fingerprint density at radius 2 is 2.04 bits per heavy atom. The number of benzene rings is 1. The number of carbonyl (C=O) groups excluding carboxylic acids is 1. The molecule has 0 spiro atoms. The molecule has 1 fully saturated rings. The van der Waals surface area contributed by atoms with E-state index in [2.05, 4.69) is 5.32 Å². The summed E-state index contributed by atoms with van der Waals surface area (Å²) in [5, 5.41) is 12.0. The predicted molar refractivity (Wildman–Crippen MR) is 85.4 cm³/mol. The number of hydrogen-bond acceptors (Lipinski definition) is 2. The van der Waals surface area contributed by atoms with Gasteiger partial charge in [0, 0.05) is 6.54 Å². The molecule has 2 rings (SSSR count). The minimum absolute atomic E-state index is 0.0470. The highest BCUT2D eigenvalue weighted by molar-refractivity contribution is 5.84. The van der Waals surface area contributed by atoms with Crippen LogP contribution in [0.25, 0.3) is 0 Å². The lowest BCUT2D eigenvalue weighted by Gasteiger charge is -2.40. The Morgan fingerprint density at radius 1 is 1.35 bits per heavy atom. The third-order valence-corrected chi connectivity index (χ3v) is 4.84. The summed E-state index contributed by atoms with van der Waals surface area (Å²) >= 11 is 0. The van der Waals surface area contributed by atoms with Crippen LogP contribution in [0.3, 0.4) is 0 Å². The van der Waals surface area contributed by atoms with Gasteiger partial charge in [0.2, 0.25) is 5.91 Å². The molecule has 0 bridgehead atoms. The van der Waals surface area contributed by atoms with E-state index in [-0.39, 0.29) is 11.7 Å².